The van der Waals surface area contributed by atoms with Crippen molar-refractivity contribution < 1.29 is 35.8 Å². The number of benzene rings is 2. The van der Waals surface area contributed by atoms with Crippen molar-refractivity contribution >= 4 is 0 Å². The zero-order valence-electron chi connectivity index (χ0n) is 18.9. The van der Waals surface area contributed by atoms with Crippen molar-refractivity contribution in [2.75, 3.05) is 13.2 Å². The van der Waals surface area contributed by atoms with Crippen LogP contribution in [0.1, 0.15) is 62.5 Å². The lowest BCUT2D eigenvalue weighted by Crippen LogP contribution is -2.38. The summed E-state index contributed by atoms with van der Waals surface area (Å²) in [5.74, 6) is -3.39. The molecule has 1 saturated heterocycles. The largest absolute Gasteiger partial charge is 0.422 e. The van der Waals surface area contributed by atoms with Crippen LogP contribution in [0.5, 0.6) is 0 Å². The SMILES string of the molecule is CCCC1COC(C2CCC(c3ccc(-c4cc(F)c(C(F)(F)F)c(F)c4)c(F)c3)CC2)OC1. The maximum absolute atomic E-state index is 14.8. The molecule has 34 heavy (non-hydrogen) atoms. The summed E-state index contributed by atoms with van der Waals surface area (Å²) in [6.07, 6.45) is 0.247. The predicted octanol–water partition coefficient (Wildman–Crippen LogP) is 7.85. The predicted molar refractivity (Wildman–Crippen MR) is 116 cm³/mol. The Balaban J connectivity index is 1.41. The first-order valence-electron chi connectivity index (χ1n) is 11.8. The first-order chi connectivity index (χ1) is 16.2. The number of hydrogen-bond acceptors (Lipinski definition) is 2. The molecule has 0 atom stereocenters. The van der Waals surface area contributed by atoms with E-state index in [4.69, 9.17) is 9.47 Å². The van der Waals surface area contributed by atoms with Crippen LogP contribution in [0, 0.1) is 29.3 Å². The molecule has 0 N–H and O–H groups in total. The van der Waals surface area contributed by atoms with Crippen LogP contribution in [0.4, 0.5) is 26.3 Å². The molecular weight excluding hydrogens is 458 g/mol. The van der Waals surface area contributed by atoms with Gasteiger partial charge in [0.25, 0.3) is 0 Å². The van der Waals surface area contributed by atoms with E-state index in [1.165, 1.54) is 12.1 Å². The van der Waals surface area contributed by atoms with E-state index < -0.39 is 29.2 Å². The van der Waals surface area contributed by atoms with E-state index in [0.717, 1.165) is 57.3 Å². The molecular formula is C26H28F6O2. The number of ether oxygens (including phenoxy) is 2. The number of rotatable bonds is 5. The highest BCUT2D eigenvalue weighted by molar-refractivity contribution is 5.65. The van der Waals surface area contributed by atoms with Crippen LogP contribution in [0.2, 0.25) is 0 Å². The first kappa shape index (κ1) is 25.0. The van der Waals surface area contributed by atoms with Crippen LogP contribution in [0.3, 0.4) is 0 Å². The summed E-state index contributed by atoms with van der Waals surface area (Å²) in [6, 6.07) is 5.41. The van der Waals surface area contributed by atoms with Crippen molar-refractivity contribution in [1.29, 1.82) is 0 Å². The van der Waals surface area contributed by atoms with E-state index >= 15 is 0 Å². The zero-order chi connectivity index (χ0) is 24.5. The molecule has 4 rings (SSSR count). The van der Waals surface area contributed by atoms with Crippen LogP contribution in [0.15, 0.2) is 30.3 Å². The molecule has 2 aromatic rings. The fourth-order valence-electron chi connectivity index (χ4n) is 5.15. The molecule has 0 radical (unpaired) electrons. The lowest BCUT2D eigenvalue weighted by atomic mass is 9.78. The van der Waals surface area contributed by atoms with Gasteiger partial charge in [-0.15, -0.1) is 0 Å². The number of alkyl halides is 3. The van der Waals surface area contributed by atoms with Crippen molar-refractivity contribution in [2.45, 2.75) is 63.8 Å². The Morgan fingerprint density at radius 2 is 1.47 bits per heavy atom. The van der Waals surface area contributed by atoms with E-state index in [1.807, 2.05) is 0 Å². The summed E-state index contributed by atoms with van der Waals surface area (Å²) in [7, 11) is 0. The lowest BCUT2D eigenvalue weighted by Gasteiger charge is -2.37. The Hall–Kier alpha value is -2.06. The Morgan fingerprint density at radius 1 is 0.853 bits per heavy atom. The Bertz CT molecular complexity index is 966. The van der Waals surface area contributed by atoms with Crippen LogP contribution in [0.25, 0.3) is 11.1 Å². The molecule has 1 aliphatic carbocycles. The second-order valence-corrected chi connectivity index (χ2v) is 9.35. The first-order valence-corrected chi connectivity index (χ1v) is 11.8. The average Bonchev–Trinajstić information content (AvgIpc) is 2.78. The summed E-state index contributed by atoms with van der Waals surface area (Å²) >= 11 is 0. The Labute approximate surface area is 195 Å². The zero-order valence-corrected chi connectivity index (χ0v) is 18.9. The van der Waals surface area contributed by atoms with Gasteiger partial charge in [0.1, 0.15) is 23.0 Å². The van der Waals surface area contributed by atoms with Gasteiger partial charge in [-0.2, -0.15) is 13.2 Å². The summed E-state index contributed by atoms with van der Waals surface area (Å²) in [5, 5.41) is 0. The van der Waals surface area contributed by atoms with E-state index in [2.05, 4.69) is 6.92 Å². The van der Waals surface area contributed by atoms with Gasteiger partial charge in [-0.3, -0.25) is 0 Å². The molecule has 1 saturated carbocycles. The minimum absolute atomic E-state index is 0.123. The van der Waals surface area contributed by atoms with Crippen molar-refractivity contribution in [2.24, 2.45) is 11.8 Å². The van der Waals surface area contributed by atoms with Crippen LogP contribution in [-0.2, 0) is 15.7 Å². The van der Waals surface area contributed by atoms with Crippen LogP contribution >= 0.6 is 0 Å². The van der Waals surface area contributed by atoms with Crippen molar-refractivity contribution in [1.82, 2.24) is 0 Å². The molecule has 0 amide bonds. The van der Waals surface area contributed by atoms with Crippen molar-refractivity contribution in [3.8, 4) is 11.1 Å². The minimum Gasteiger partial charge on any atom is -0.352 e. The second kappa shape index (κ2) is 10.3. The van der Waals surface area contributed by atoms with Gasteiger partial charge in [0.05, 0.1) is 13.2 Å². The minimum atomic E-state index is -5.17. The van der Waals surface area contributed by atoms with E-state index in [1.54, 1.807) is 6.07 Å². The molecule has 1 heterocycles. The third kappa shape index (κ3) is 5.43. The molecule has 0 spiro atoms. The highest BCUT2D eigenvalue weighted by atomic mass is 19.4. The molecule has 2 aromatic carbocycles. The fraction of sp³-hybridized carbons (Fsp3) is 0.538. The summed E-state index contributed by atoms with van der Waals surface area (Å²) < 4.78 is 93.0. The van der Waals surface area contributed by atoms with Gasteiger partial charge in [-0.05, 0) is 67.3 Å². The lowest BCUT2D eigenvalue weighted by molar-refractivity contribution is -0.229. The Morgan fingerprint density at radius 3 is 2.00 bits per heavy atom. The monoisotopic (exact) mass is 486 g/mol. The molecule has 186 valence electrons. The van der Waals surface area contributed by atoms with Crippen molar-refractivity contribution in [3.63, 3.8) is 0 Å². The molecule has 2 aliphatic rings. The quantitative estimate of drug-likeness (QED) is 0.401. The van der Waals surface area contributed by atoms with Crippen molar-refractivity contribution in [3.05, 3.63) is 58.9 Å². The van der Waals surface area contributed by atoms with E-state index in [-0.39, 0.29) is 23.3 Å². The number of hydrogen-bond donors (Lipinski definition) is 0. The molecule has 0 aromatic heterocycles. The maximum Gasteiger partial charge on any atom is 0.422 e. The molecule has 2 fully saturated rings. The number of halogens is 6. The smallest absolute Gasteiger partial charge is 0.352 e. The average molecular weight is 486 g/mol. The fourth-order valence-corrected chi connectivity index (χ4v) is 5.15. The van der Waals surface area contributed by atoms with Gasteiger partial charge < -0.3 is 9.47 Å². The van der Waals surface area contributed by atoms with Gasteiger partial charge in [-0.25, -0.2) is 13.2 Å². The maximum atomic E-state index is 14.8. The highest BCUT2D eigenvalue weighted by Gasteiger charge is 2.38. The third-order valence-corrected chi connectivity index (χ3v) is 6.95. The Kier molecular flexibility index (Phi) is 7.57. The topological polar surface area (TPSA) is 18.5 Å². The normalized spacial score (nSPS) is 26.0. The summed E-state index contributed by atoms with van der Waals surface area (Å²) in [6.45, 7) is 3.58. The third-order valence-electron chi connectivity index (χ3n) is 6.95. The molecule has 0 unspecified atom stereocenters. The molecule has 0 bridgehead atoms. The highest BCUT2D eigenvalue weighted by Crippen LogP contribution is 2.41. The van der Waals surface area contributed by atoms with E-state index in [9.17, 15) is 26.3 Å². The van der Waals surface area contributed by atoms with Gasteiger partial charge in [0.15, 0.2) is 6.29 Å². The van der Waals surface area contributed by atoms with Gasteiger partial charge in [0, 0.05) is 17.4 Å². The standard InChI is InChI=1S/C26H28F6O2/c1-2-3-15-13-33-25(34-14-15)17-6-4-16(5-7-17)18-8-9-20(21(27)10-18)19-11-22(28)24(23(29)12-19)26(30,31)32/h8-12,15-17,25H,2-7,13-14H2,1H3. The summed E-state index contributed by atoms with van der Waals surface area (Å²) in [5.41, 5.74) is -1.63. The van der Waals surface area contributed by atoms with Gasteiger partial charge in [-0.1, -0.05) is 25.5 Å². The van der Waals surface area contributed by atoms with E-state index in [0.29, 0.717) is 24.0 Å². The summed E-state index contributed by atoms with van der Waals surface area (Å²) in [4.78, 5) is 0. The van der Waals surface area contributed by atoms with Crippen LogP contribution in [-0.4, -0.2) is 19.5 Å². The second-order valence-electron chi connectivity index (χ2n) is 9.35. The van der Waals surface area contributed by atoms with Gasteiger partial charge >= 0.3 is 6.18 Å². The molecule has 8 heteroatoms. The van der Waals surface area contributed by atoms with Crippen LogP contribution < -0.4 is 0 Å². The molecule has 1 aliphatic heterocycles. The molecule has 2 nitrogen and oxygen atoms in total. The van der Waals surface area contributed by atoms with Gasteiger partial charge in [0.2, 0.25) is 0 Å².